The van der Waals surface area contributed by atoms with Crippen LogP contribution in [0.3, 0.4) is 0 Å². The summed E-state index contributed by atoms with van der Waals surface area (Å²) in [6.45, 7) is 3.77. The number of hydrogen-bond donors (Lipinski definition) is 0. The first-order chi connectivity index (χ1) is 13.1. The molecule has 140 valence electrons. The minimum absolute atomic E-state index is 0.0169. The molecule has 0 saturated carbocycles. The van der Waals surface area contributed by atoms with Gasteiger partial charge in [-0.2, -0.15) is 5.10 Å². The van der Waals surface area contributed by atoms with Crippen LogP contribution in [-0.2, 0) is 13.6 Å². The molecule has 3 aromatic heterocycles. The molecule has 0 radical (unpaired) electrons. The van der Waals surface area contributed by atoms with Crippen molar-refractivity contribution in [3.63, 3.8) is 0 Å². The molecular weight excluding hydrogens is 344 g/mol. The zero-order chi connectivity index (χ0) is 18.8. The molecule has 1 amide bonds. The van der Waals surface area contributed by atoms with Gasteiger partial charge in [-0.05, 0) is 25.8 Å². The van der Waals surface area contributed by atoms with Crippen LogP contribution in [0.4, 0.5) is 0 Å². The van der Waals surface area contributed by atoms with Crippen LogP contribution in [0.15, 0.2) is 31.0 Å². The molecule has 9 nitrogen and oxygen atoms in total. The first-order valence-corrected chi connectivity index (χ1v) is 9.05. The van der Waals surface area contributed by atoms with E-state index >= 15 is 0 Å². The van der Waals surface area contributed by atoms with Gasteiger partial charge in [0, 0.05) is 44.6 Å². The largest absolute Gasteiger partial charge is 0.338 e. The van der Waals surface area contributed by atoms with Crippen molar-refractivity contribution in [2.24, 2.45) is 7.05 Å². The van der Waals surface area contributed by atoms with Crippen LogP contribution in [-0.4, -0.2) is 58.4 Å². The first kappa shape index (κ1) is 17.3. The number of piperidine rings is 1. The summed E-state index contributed by atoms with van der Waals surface area (Å²) in [5.41, 5.74) is 1.27. The summed E-state index contributed by atoms with van der Waals surface area (Å²) in [6.07, 6.45) is 8.63. The number of likely N-dealkylation sites (tertiary alicyclic amines) is 1. The van der Waals surface area contributed by atoms with Gasteiger partial charge in [0.2, 0.25) is 0 Å². The maximum Gasteiger partial charge on any atom is 0.257 e. The van der Waals surface area contributed by atoms with Crippen LogP contribution >= 0.6 is 0 Å². The van der Waals surface area contributed by atoms with Crippen molar-refractivity contribution in [1.82, 2.24) is 39.4 Å². The molecule has 1 aliphatic heterocycles. The van der Waals surface area contributed by atoms with Crippen molar-refractivity contribution in [2.75, 3.05) is 13.1 Å². The van der Waals surface area contributed by atoms with Crippen molar-refractivity contribution < 1.29 is 4.79 Å². The van der Waals surface area contributed by atoms with Gasteiger partial charge in [0.25, 0.3) is 5.91 Å². The number of rotatable bonds is 4. The molecule has 1 saturated heterocycles. The predicted molar refractivity (Wildman–Crippen MR) is 97.0 cm³/mol. The maximum absolute atomic E-state index is 12.9. The average molecular weight is 366 g/mol. The third-order valence-electron chi connectivity index (χ3n) is 5.08. The van der Waals surface area contributed by atoms with Crippen molar-refractivity contribution in [2.45, 2.75) is 32.2 Å². The van der Waals surface area contributed by atoms with E-state index in [1.165, 1.54) is 6.33 Å². The zero-order valence-corrected chi connectivity index (χ0v) is 15.5. The van der Waals surface area contributed by atoms with Gasteiger partial charge in [-0.3, -0.25) is 9.48 Å². The molecule has 3 aromatic rings. The van der Waals surface area contributed by atoms with Gasteiger partial charge < -0.3 is 9.47 Å². The van der Waals surface area contributed by atoms with E-state index < -0.39 is 0 Å². The third kappa shape index (κ3) is 3.44. The zero-order valence-electron chi connectivity index (χ0n) is 15.5. The monoisotopic (exact) mass is 366 g/mol. The molecule has 4 heterocycles. The molecule has 4 rings (SSSR count). The standard InChI is InChI=1S/C18H22N8O/c1-13-15(9-19-12-20-13)18(27)25-7-3-5-14(10-25)17-23-22-16(24(17)2)11-26-8-4-6-21-26/h4,6,8-9,12,14H,3,5,7,10-11H2,1-2H3/t14-/m1/s1. The second-order valence-electron chi connectivity index (χ2n) is 6.85. The van der Waals surface area contributed by atoms with Gasteiger partial charge in [-0.25, -0.2) is 9.97 Å². The molecule has 0 spiro atoms. The van der Waals surface area contributed by atoms with Crippen LogP contribution in [0.2, 0.25) is 0 Å². The smallest absolute Gasteiger partial charge is 0.257 e. The van der Waals surface area contributed by atoms with Crippen molar-refractivity contribution in [3.05, 3.63) is 53.9 Å². The minimum atomic E-state index is -0.0169. The van der Waals surface area contributed by atoms with E-state index in [-0.39, 0.29) is 11.8 Å². The van der Waals surface area contributed by atoms with Gasteiger partial charge in [-0.1, -0.05) is 0 Å². The number of aryl methyl sites for hydroxylation is 1. The lowest BCUT2D eigenvalue weighted by Crippen LogP contribution is -2.40. The van der Waals surface area contributed by atoms with E-state index in [2.05, 4.69) is 25.3 Å². The summed E-state index contributed by atoms with van der Waals surface area (Å²) in [6, 6.07) is 1.89. The van der Waals surface area contributed by atoms with Crippen LogP contribution in [0.5, 0.6) is 0 Å². The second kappa shape index (κ2) is 7.26. The van der Waals surface area contributed by atoms with E-state index in [0.29, 0.717) is 24.3 Å². The summed E-state index contributed by atoms with van der Waals surface area (Å²) in [4.78, 5) is 22.9. The van der Waals surface area contributed by atoms with E-state index in [0.717, 1.165) is 31.0 Å². The fraction of sp³-hybridized carbons (Fsp3) is 0.444. The van der Waals surface area contributed by atoms with Crippen molar-refractivity contribution >= 4 is 5.91 Å². The van der Waals surface area contributed by atoms with Crippen molar-refractivity contribution in [3.8, 4) is 0 Å². The van der Waals surface area contributed by atoms with Gasteiger partial charge in [0.05, 0.1) is 11.3 Å². The molecule has 1 atom stereocenters. The number of carbonyl (C=O) groups excluding carboxylic acids is 1. The lowest BCUT2D eigenvalue weighted by molar-refractivity contribution is 0.0701. The molecule has 9 heteroatoms. The van der Waals surface area contributed by atoms with Gasteiger partial charge in [0.15, 0.2) is 5.82 Å². The molecule has 0 N–H and O–H groups in total. The summed E-state index contributed by atoms with van der Waals surface area (Å²) in [5, 5.41) is 13.0. The highest BCUT2D eigenvalue weighted by Crippen LogP contribution is 2.27. The number of hydrogen-bond acceptors (Lipinski definition) is 6. The number of nitrogens with zero attached hydrogens (tertiary/aromatic N) is 8. The molecule has 0 unspecified atom stereocenters. The maximum atomic E-state index is 12.9. The van der Waals surface area contributed by atoms with E-state index in [1.807, 2.05) is 40.4 Å². The van der Waals surface area contributed by atoms with Crippen LogP contribution in [0.1, 0.15) is 46.5 Å². The molecule has 0 aromatic carbocycles. The highest BCUT2D eigenvalue weighted by Gasteiger charge is 2.29. The van der Waals surface area contributed by atoms with Crippen molar-refractivity contribution in [1.29, 1.82) is 0 Å². The summed E-state index contributed by atoms with van der Waals surface area (Å²) >= 11 is 0. The Morgan fingerprint density at radius 1 is 1.33 bits per heavy atom. The number of amides is 1. The lowest BCUT2D eigenvalue weighted by Gasteiger charge is -2.32. The molecule has 0 bridgehead atoms. The Labute approximate surface area is 157 Å². The molecule has 1 aliphatic rings. The topological polar surface area (TPSA) is 94.6 Å². The van der Waals surface area contributed by atoms with Crippen LogP contribution in [0, 0.1) is 6.92 Å². The normalized spacial score (nSPS) is 17.3. The molecular formula is C18H22N8O. The second-order valence-corrected chi connectivity index (χ2v) is 6.85. The Morgan fingerprint density at radius 2 is 2.22 bits per heavy atom. The quantitative estimate of drug-likeness (QED) is 0.688. The van der Waals surface area contributed by atoms with E-state index in [9.17, 15) is 4.79 Å². The Morgan fingerprint density at radius 3 is 3.00 bits per heavy atom. The fourth-order valence-corrected chi connectivity index (χ4v) is 3.55. The summed E-state index contributed by atoms with van der Waals surface area (Å²) in [7, 11) is 1.98. The Balaban J connectivity index is 1.51. The molecule has 0 aliphatic carbocycles. The summed E-state index contributed by atoms with van der Waals surface area (Å²) in [5.74, 6) is 1.91. The fourth-order valence-electron chi connectivity index (χ4n) is 3.55. The van der Waals surface area contributed by atoms with E-state index in [1.54, 1.807) is 12.4 Å². The van der Waals surface area contributed by atoms with Gasteiger partial charge in [-0.15, -0.1) is 10.2 Å². The highest BCUT2D eigenvalue weighted by molar-refractivity contribution is 5.95. The number of aromatic nitrogens is 7. The molecule has 1 fully saturated rings. The average Bonchev–Trinajstić information content (AvgIpc) is 3.32. The SMILES string of the molecule is Cc1ncncc1C(=O)N1CCC[C@@H](c2nnc(Cn3cccn3)n2C)C1. The predicted octanol–water partition coefficient (Wildman–Crippen LogP) is 1.18. The number of carbonyl (C=O) groups is 1. The van der Waals surface area contributed by atoms with Crippen LogP contribution < -0.4 is 0 Å². The van der Waals surface area contributed by atoms with Crippen LogP contribution in [0.25, 0.3) is 0 Å². The van der Waals surface area contributed by atoms with Gasteiger partial charge in [0.1, 0.15) is 18.7 Å². The Bertz CT molecular complexity index is 933. The molecule has 27 heavy (non-hydrogen) atoms. The summed E-state index contributed by atoms with van der Waals surface area (Å²) < 4.78 is 3.85. The lowest BCUT2D eigenvalue weighted by atomic mass is 9.96. The van der Waals surface area contributed by atoms with E-state index in [4.69, 9.17) is 0 Å². The van der Waals surface area contributed by atoms with Gasteiger partial charge >= 0.3 is 0 Å². The Hall–Kier alpha value is -3.10. The highest BCUT2D eigenvalue weighted by atomic mass is 16.2. The Kier molecular flexibility index (Phi) is 4.66. The minimum Gasteiger partial charge on any atom is -0.338 e. The third-order valence-corrected chi connectivity index (χ3v) is 5.08. The first-order valence-electron chi connectivity index (χ1n) is 9.05.